The van der Waals surface area contributed by atoms with Crippen LogP contribution in [0.2, 0.25) is 0 Å². The standard InChI is InChI=1S/C10H12F4N2O/c1-2-15-7-4-3-5-8(16-7)17-6-10(13,14)9(11)12/h3-5,9H,2,6H2,1H3,(H,15,16). The number of halogens is 4. The van der Waals surface area contributed by atoms with Crippen LogP contribution in [0.3, 0.4) is 0 Å². The minimum absolute atomic E-state index is 0.122. The van der Waals surface area contributed by atoms with Crippen molar-refractivity contribution in [2.75, 3.05) is 18.5 Å². The molecule has 1 N–H and O–H groups in total. The van der Waals surface area contributed by atoms with Crippen LogP contribution < -0.4 is 10.1 Å². The summed E-state index contributed by atoms with van der Waals surface area (Å²) in [4.78, 5) is 3.81. The molecule has 0 aliphatic heterocycles. The fourth-order valence-corrected chi connectivity index (χ4v) is 1.01. The van der Waals surface area contributed by atoms with Gasteiger partial charge in [-0.2, -0.15) is 13.8 Å². The molecule has 0 amide bonds. The van der Waals surface area contributed by atoms with Crippen molar-refractivity contribution in [1.82, 2.24) is 4.98 Å². The molecule has 7 heteroatoms. The summed E-state index contributed by atoms with van der Waals surface area (Å²) in [6, 6.07) is 4.46. The Morgan fingerprint density at radius 2 is 2.12 bits per heavy atom. The van der Waals surface area contributed by atoms with E-state index in [1.165, 1.54) is 12.1 Å². The first-order valence-corrected chi connectivity index (χ1v) is 4.95. The lowest BCUT2D eigenvalue weighted by Gasteiger charge is -2.15. The van der Waals surface area contributed by atoms with Crippen molar-refractivity contribution < 1.29 is 22.3 Å². The minimum atomic E-state index is -4.17. The summed E-state index contributed by atoms with van der Waals surface area (Å²) < 4.78 is 53.4. The number of nitrogens with one attached hydrogen (secondary N) is 1. The molecule has 0 aliphatic carbocycles. The number of nitrogens with zero attached hydrogens (tertiary/aromatic N) is 1. The first-order chi connectivity index (χ1) is 7.95. The molecule has 1 heterocycles. The molecule has 1 aromatic rings. The van der Waals surface area contributed by atoms with Crippen molar-refractivity contribution >= 4 is 5.82 Å². The molecule has 0 unspecified atom stereocenters. The quantitative estimate of drug-likeness (QED) is 0.790. The number of alkyl halides is 4. The SMILES string of the molecule is CCNc1cccc(OCC(F)(F)C(F)F)n1. The zero-order valence-electron chi connectivity index (χ0n) is 9.09. The normalized spacial score (nSPS) is 11.6. The summed E-state index contributed by atoms with van der Waals surface area (Å²) >= 11 is 0. The van der Waals surface area contributed by atoms with Gasteiger partial charge < -0.3 is 10.1 Å². The van der Waals surface area contributed by atoms with Gasteiger partial charge in [-0.3, -0.25) is 0 Å². The second kappa shape index (κ2) is 5.70. The summed E-state index contributed by atoms with van der Waals surface area (Å²) in [6.07, 6.45) is -3.75. The number of rotatable bonds is 6. The van der Waals surface area contributed by atoms with Gasteiger partial charge in [-0.25, -0.2) is 8.78 Å². The molecule has 0 spiro atoms. The van der Waals surface area contributed by atoms with Gasteiger partial charge in [-0.15, -0.1) is 0 Å². The Hall–Kier alpha value is -1.53. The highest BCUT2D eigenvalue weighted by atomic mass is 19.3. The van der Waals surface area contributed by atoms with Crippen LogP contribution in [0.25, 0.3) is 0 Å². The molecule has 1 aromatic heterocycles. The summed E-state index contributed by atoms with van der Waals surface area (Å²) in [5.41, 5.74) is 0. The van der Waals surface area contributed by atoms with Gasteiger partial charge in [0, 0.05) is 12.6 Å². The Morgan fingerprint density at radius 3 is 2.71 bits per heavy atom. The average Bonchev–Trinajstić information content (AvgIpc) is 2.27. The van der Waals surface area contributed by atoms with E-state index in [4.69, 9.17) is 0 Å². The lowest BCUT2D eigenvalue weighted by Crippen LogP contribution is -2.33. The Bertz CT molecular complexity index is 360. The van der Waals surface area contributed by atoms with E-state index >= 15 is 0 Å². The van der Waals surface area contributed by atoms with Crippen molar-refractivity contribution in [3.8, 4) is 5.88 Å². The van der Waals surface area contributed by atoms with Gasteiger partial charge in [0.15, 0.2) is 6.61 Å². The van der Waals surface area contributed by atoms with Gasteiger partial charge in [-0.1, -0.05) is 6.07 Å². The maximum Gasteiger partial charge on any atom is 0.340 e. The molecule has 0 atom stereocenters. The molecule has 0 saturated carbocycles. The van der Waals surface area contributed by atoms with Gasteiger partial charge >= 0.3 is 12.3 Å². The van der Waals surface area contributed by atoms with Crippen molar-refractivity contribution in [3.63, 3.8) is 0 Å². The van der Waals surface area contributed by atoms with E-state index in [-0.39, 0.29) is 5.88 Å². The number of anilines is 1. The zero-order chi connectivity index (χ0) is 12.9. The highest BCUT2D eigenvalue weighted by molar-refractivity contribution is 5.36. The zero-order valence-corrected chi connectivity index (χ0v) is 9.09. The van der Waals surface area contributed by atoms with Crippen molar-refractivity contribution in [1.29, 1.82) is 0 Å². The first kappa shape index (κ1) is 13.5. The van der Waals surface area contributed by atoms with E-state index in [0.29, 0.717) is 12.4 Å². The Kier molecular flexibility index (Phi) is 4.53. The molecule has 0 saturated heterocycles. The molecule has 17 heavy (non-hydrogen) atoms. The van der Waals surface area contributed by atoms with Crippen molar-refractivity contribution in [2.45, 2.75) is 19.3 Å². The van der Waals surface area contributed by atoms with Crippen LogP contribution in [-0.2, 0) is 0 Å². The van der Waals surface area contributed by atoms with Gasteiger partial charge in [0.2, 0.25) is 5.88 Å². The molecule has 0 aromatic carbocycles. The van der Waals surface area contributed by atoms with E-state index in [1.807, 2.05) is 6.92 Å². The van der Waals surface area contributed by atoms with Crippen LogP contribution >= 0.6 is 0 Å². The molecule has 3 nitrogen and oxygen atoms in total. The fourth-order valence-electron chi connectivity index (χ4n) is 1.01. The van der Waals surface area contributed by atoms with E-state index in [1.54, 1.807) is 6.07 Å². The van der Waals surface area contributed by atoms with E-state index in [0.717, 1.165) is 0 Å². The summed E-state index contributed by atoms with van der Waals surface area (Å²) in [6.45, 7) is 1.04. The predicted molar refractivity (Wildman–Crippen MR) is 54.8 cm³/mol. The van der Waals surface area contributed by atoms with Crippen LogP contribution in [0.5, 0.6) is 5.88 Å². The van der Waals surface area contributed by atoms with Crippen LogP contribution in [0.15, 0.2) is 18.2 Å². The number of ether oxygens (including phenoxy) is 1. The van der Waals surface area contributed by atoms with Gasteiger partial charge in [-0.05, 0) is 13.0 Å². The van der Waals surface area contributed by atoms with E-state index in [9.17, 15) is 17.6 Å². The minimum Gasteiger partial charge on any atom is -0.471 e. The third-order valence-electron chi connectivity index (χ3n) is 1.81. The van der Waals surface area contributed by atoms with E-state index in [2.05, 4.69) is 15.0 Å². The Morgan fingerprint density at radius 1 is 1.41 bits per heavy atom. The Labute approximate surface area is 95.8 Å². The highest BCUT2D eigenvalue weighted by Gasteiger charge is 2.41. The Balaban J connectivity index is 2.60. The molecule has 0 radical (unpaired) electrons. The number of aromatic nitrogens is 1. The van der Waals surface area contributed by atoms with Gasteiger partial charge in [0.25, 0.3) is 0 Å². The number of hydrogen-bond donors (Lipinski definition) is 1. The molecular weight excluding hydrogens is 240 g/mol. The average molecular weight is 252 g/mol. The topological polar surface area (TPSA) is 34.1 Å². The van der Waals surface area contributed by atoms with Crippen molar-refractivity contribution in [2.24, 2.45) is 0 Å². The predicted octanol–water partition coefficient (Wildman–Crippen LogP) is 2.79. The fraction of sp³-hybridized carbons (Fsp3) is 0.500. The number of pyridine rings is 1. The first-order valence-electron chi connectivity index (χ1n) is 4.95. The highest BCUT2D eigenvalue weighted by Crippen LogP contribution is 2.24. The second-order valence-corrected chi connectivity index (χ2v) is 3.24. The summed E-state index contributed by atoms with van der Waals surface area (Å²) in [5.74, 6) is -3.86. The third kappa shape index (κ3) is 4.08. The lowest BCUT2D eigenvalue weighted by atomic mass is 10.4. The van der Waals surface area contributed by atoms with Crippen LogP contribution in [0, 0.1) is 0 Å². The smallest absolute Gasteiger partial charge is 0.340 e. The van der Waals surface area contributed by atoms with Crippen LogP contribution in [0.1, 0.15) is 6.92 Å². The largest absolute Gasteiger partial charge is 0.471 e. The molecule has 96 valence electrons. The van der Waals surface area contributed by atoms with Gasteiger partial charge in [0.1, 0.15) is 5.82 Å². The third-order valence-corrected chi connectivity index (χ3v) is 1.81. The summed E-state index contributed by atoms with van der Waals surface area (Å²) in [5, 5.41) is 2.84. The van der Waals surface area contributed by atoms with Crippen LogP contribution in [0.4, 0.5) is 23.4 Å². The molecule has 0 bridgehead atoms. The maximum absolute atomic E-state index is 12.6. The monoisotopic (exact) mass is 252 g/mol. The lowest BCUT2D eigenvalue weighted by molar-refractivity contribution is -0.148. The van der Waals surface area contributed by atoms with Gasteiger partial charge in [0.05, 0.1) is 0 Å². The number of hydrogen-bond acceptors (Lipinski definition) is 3. The van der Waals surface area contributed by atoms with Crippen molar-refractivity contribution in [3.05, 3.63) is 18.2 Å². The molecular formula is C10H12F4N2O. The van der Waals surface area contributed by atoms with E-state index < -0.39 is 19.0 Å². The summed E-state index contributed by atoms with van der Waals surface area (Å²) in [7, 11) is 0. The molecule has 0 fully saturated rings. The van der Waals surface area contributed by atoms with Crippen LogP contribution in [-0.4, -0.2) is 30.5 Å². The maximum atomic E-state index is 12.6. The molecule has 0 aliphatic rings. The second-order valence-electron chi connectivity index (χ2n) is 3.24. The molecule has 1 rings (SSSR count).